The number of carbonyl (C=O) groups is 1. The molecule has 0 spiro atoms. The molecule has 1 N–H and O–H groups in total. The first-order valence-electron chi connectivity index (χ1n) is 7.49. The second-order valence-corrected chi connectivity index (χ2v) is 4.85. The smallest absolute Gasteiger partial charge is 0.165 e. The van der Waals surface area contributed by atoms with Crippen molar-refractivity contribution in [2.75, 3.05) is 32.9 Å². The van der Waals surface area contributed by atoms with Crippen LogP contribution in [0.25, 0.3) is 0 Å². The van der Waals surface area contributed by atoms with Gasteiger partial charge in [-0.3, -0.25) is 4.79 Å². The van der Waals surface area contributed by atoms with Crippen LogP contribution in [0.1, 0.15) is 30.6 Å². The van der Waals surface area contributed by atoms with Gasteiger partial charge >= 0.3 is 0 Å². The lowest BCUT2D eigenvalue weighted by molar-refractivity contribution is 0.0240. The molecule has 1 fully saturated rings. The quantitative estimate of drug-likeness (QED) is 0.780. The van der Waals surface area contributed by atoms with Gasteiger partial charge in [0.05, 0.1) is 25.9 Å². The molecular weight excluding hydrogens is 270 g/mol. The van der Waals surface area contributed by atoms with Gasteiger partial charge in [0.25, 0.3) is 0 Å². The first-order chi connectivity index (χ1) is 10.2. The molecule has 1 heterocycles. The van der Waals surface area contributed by atoms with E-state index < -0.39 is 0 Å². The van der Waals surface area contributed by atoms with Crippen LogP contribution in [-0.2, 0) is 4.74 Å². The van der Waals surface area contributed by atoms with Crippen molar-refractivity contribution in [2.45, 2.75) is 26.4 Å². The number of benzene rings is 1. The molecule has 2 rings (SSSR count). The molecule has 0 amide bonds. The fourth-order valence-electron chi connectivity index (χ4n) is 2.30. The lowest BCUT2D eigenvalue weighted by atomic mass is 10.0. The fraction of sp³-hybridized carbons (Fsp3) is 0.562. The van der Waals surface area contributed by atoms with Crippen LogP contribution in [0, 0.1) is 0 Å². The van der Waals surface area contributed by atoms with E-state index in [1.807, 2.05) is 13.8 Å². The van der Waals surface area contributed by atoms with Crippen molar-refractivity contribution in [2.24, 2.45) is 0 Å². The van der Waals surface area contributed by atoms with E-state index in [1.165, 1.54) is 0 Å². The topological polar surface area (TPSA) is 56.8 Å². The van der Waals surface area contributed by atoms with Crippen molar-refractivity contribution in [1.82, 2.24) is 5.32 Å². The number of carbonyl (C=O) groups excluding carboxylic acids is 1. The highest BCUT2D eigenvalue weighted by Crippen LogP contribution is 2.29. The maximum absolute atomic E-state index is 12.3. The highest BCUT2D eigenvalue weighted by atomic mass is 16.5. The molecular formula is C16H23NO4. The van der Waals surface area contributed by atoms with Gasteiger partial charge in [-0.05, 0) is 32.0 Å². The van der Waals surface area contributed by atoms with Crippen LogP contribution in [-0.4, -0.2) is 44.8 Å². The monoisotopic (exact) mass is 293 g/mol. The summed E-state index contributed by atoms with van der Waals surface area (Å²) >= 11 is 0. The number of ether oxygens (including phenoxy) is 3. The Kier molecular flexibility index (Phi) is 6.02. The molecule has 1 aliphatic heterocycles. The molecule has 5 heteroatoms. The SMILES string of the molecule is CCOc1ccc(C(=O)CC2CNCCO2)cc1OCC. The maximum atomic E-state index is 12.3. The van der Waals surface area contributed by atoms with E-state index in [0.717, 1.165) is 13.1 Å². The number of nitrogens with one attached hydrogen (secondary N) is 1. The Balaban J connectivity index is 2.07. The van der Waals surface area contributed by atoms with Crippen LogP contribution in [0.4, 0.5) is 0 Å². The van der Waals surface area contributed by atoms with Gasteiger partial charge in [-0.2, -0.15) is 0 Å². The zero-order valence-electron chi connectivity index (χ0n) is 12.7. The lowest BCUT2D eigenvalue weighted by Gasteiger charge is -2.23. The summed E-state index contributed by atoms with van der Waals surface area (Å²) in [4.78, 5) is 12.3. The number of ketones is 1. The van der Waals surface area contributed by atoms with Crippen molar-refractivity contribution in [3.63, 3.8) is 0 Å². The van der Waals surface area contributed by atoms with Gasteiger partial charge < -0.3 is 19.5 Å². The van der Waals surface area contributed by atoms with E-state index in [9.17, 15) is 4.79 Å². The van der Waals surface area contributed by atoms with Crippen LogP contribution < -0.4 is 14.8 Å². The first-order valence-corrected chi connectivity index (χ1v) is 7.49. The third-order valence-corrected chi connectivity index (χ3v) is 3.28. The van der Waals surface area contributed by atoms with Crippen LogP contribution >= 0.6 is 0 Å². The van der Waals surface area contributed by atoms with Gasteiger partial charge in [-0.15, -0.1) is 0 Å². The van der Waals surface area contributed by atoms with Gasteiger partial charge in [0.2, 0.25) is 0 Å². The third-order valence-electron chi connectivity index (χ3n) is 3.28. The number of hydrogen-bond donors (Lipinski definition) is 1. The molecule has 0 radical (unpaired) electrons. The Morgan fingerprint density at radius 2 is 2.05 bits per heavy atom. The van der Waals surface area contributed by atoms with E-state index in [0.29, 0.717) is 43.3 Å². The summed E-state index contributed by atoms with van der Waals surface area (Å²) in [5.74, 6) is 1.35. The van der Waals surface area contributed by atoms with Crippen molar-refractivity contribution in [1.29, 1.82) is 0 Å². The van der Waals surface area contributed by atoms with Gasteiger partial charge in [0, 0.05) is 25.1 Å². The van der Waals surface area contributed by atoms with Gasteiger partial charge in [0.1, 0.15) is 0 Å². The van der Waals surface area contributed by atoms with E-state index in [4.69, 9.17) is 14.2 Å². The van der Waals surface area contributed by atoms with Crippen LogP contribution in [0.5, 0.6) is 11.5 Å². The summed E-state index contributed by atoms with van der Waals surface area (Å²) in [6.45, 7) is 7.16. The molecule has 0 aromatic heterocycles. The minimum Gasteiger partial charge on any atom is -0.490 e. The minimum absolute atomic E-state index is 0.0478. The number of morpholine rings is 1. The molecule has 116 valence electrons. The van der Waals surface area contributed by atoms with E-state index in [-0.39, 0.29) is 11.9 Å². The highest BCUT2D eigenvalue weighted by molar-refractivity contribution is 5.97. The van der Waals surface area contributed by atoms with Crippen LogP contribution in [0.15, 0.2) is 18.2 Å². The molecule has 1 aromatic rings. The van der Waals surface area contributed by atoms with Crippen molar-refractivity contribution < 1.29 is 19.0 Å². The predicted molar refractivity (Wildman–Crippen MR) is 80.3 cm³/mol. The number of rotatable bonds is 7. The standard InChI is InChI=1S/C16H23NO4/c1-3-19-15-6-5-12(9-16(15)20-4-2)14(18)10-13-11-17-7-8-21-13/h5-6,9,13,17H,3-4,7-8,10-11H2,1-2H3. The van der Waals surface area contributed by atoms with Crippen LogP contribution in [0.2, 0.25) is 0 Å². The highest BCUT2D eigenvalue weighted by Gasteiger charge is 2.19. The fourth-order valence-corrected chi connectivity index (χ4v) is 2.30. The minimum atomic E-state index is -0.0478. The summed E-state index contributed by atoms with van der Waals surface area (Å²) in [5.41, 5.74) is 0.635. The molecule has 1 atom stereocenters. The first kappa shape index (κ1) is 15.8. The summed E-state index contributed by atoms with van der Waals surface area (Å²) < 4.78 is 16.6. The molecule has 0 saturated carbocycles. The van der Waals surface area contributed by atoms with E-state index >= 15 is 0 Å². The molecule has 1 aromatic carbocycles. The van der Waals surface area contributed by atoms with Crippen molar-refractivity contribution >= 4 is 5.78 Å². The summed E-state index contributed by atoms with van der Waals surface area (Å²) in [6, 6.07) is 5.33. The zero-order valence-corrected chi connectivity index (χ0v) is 12.7. The largest absolute Gasteiger partial charge is 0.490 e. The molecule has 0 bridgehead atoms. The van der Waals surface area contributed by atoms with Crippen LogP contribution in [0.3, 0.4) is 0 Å². The molecule has 1 aliphatic rings. The van der Waals surface area contributed by atoms with Gasteiger partial charge in [-0.25, -0.2) is 0 Å². The second kappa shape index (κ2) is 8.00. The Bertz CT molecular complexity index is 469. The average Bonchev–Trinajstić information content (AvgIpc) is 2.50. The lowest BCUT2D eigenvalue weighted by Crippen LogP contribution is -2.39. The third kappa shape index (κ3) is 4.44. The Labute approximate surface area is 125 Å². The normalized spacial score (nSPS) is 18.3. The molecule has 0 aliphatic carbocycles. The maximum Gasteiger partial charge on any atom is 0.165 e. The zero-order chi connectivity index (χ0) is 15.1. The van der Waals surface area contributed by atoms with Crippen molar-refractivity contribution in [3.8, 4) is 11.5 Å². The Hall–Kier alpha value is -1.59. The Morgan fingerprint density at radius 3 is 2.71 bits per heavy atom. The molecule has 21 heavy (non-hydrogen) atoms. The van der Waals surface area contributed by atoms with Gasteiger partial charge in [0.15, 0.2) is 17.3 Å². The van der Waals surface area contributed by atoms with Crippen molar-refractivity contribution in [3.05, 3.63) is 23.8 Å². The number of hydrogen-bond acceptors (Lipinski definition) is 5. The number of Topliss-reactive ketones (excluding diaryl/α,β-unsaturated/α-hetero) is 1. The average molecular weight is 293 g/mol. The van der Waals surface area contributed by atoms with E-state index in [2.05, 4.69) is 5.32 Å². The summed E-state index contributed by atoms with van der Waals surface area (Å²) in [6.07, 6.45) is 0.334. The molecule has 1 saturated heterocycles. The summed E-state index contributed by atoms with van der Waals surface area (Å²) in [7, 11) is 0. The predicted octanol–water partition coefficient (Wildman–Crippen LogP) is 2.05. The molecule has 1 unspecified atom stereocenters. The molecule has 5 nitrogen and oxygen atoms in total. The van der Waals surface area contributed by atoms with E-state index in [1.54, 1.807) is 18.2 Å². The van der Waals surface area contributed by atoms with Gasteiger partial charge in [-0.1, -0.05) is 0 Å². The summed E-state index contributed by atoms with van der Waals surface area (Å²) in [5, 5.41) is 3.23. The second-order valence-electron chi connectivity index (χ2n) is 4.85. The Morgan fingerprint density at radius 1 is 1.29 bits per heavy atom.